The van der Waals surface area contributed by atoms with E-state index in [1.807, 2.05) is 0 Å². The number of para-hydroxylation sites is 6. The molecule has 2 aromatic heterocycles. The van der Waals surface area contributed by atoms with Crippen molar-refractivity contribution in [2.24, 2.45) is 0 Å². The lowest BCUT2D eigenvalue weighted by Crippen LogP contribution is -2.61. The first-order valence-corrected chi connectivity index (χ1v) is 36.2. The van der Waals surface area contributed by atoms with Crippen LogP contribution in [0.2, 0.25) is 0 Å². The summed E-state index contributed by atoms with van der Waals surface area (Å²) >= 11 is 0. The second-order valence-corrected chi connectivity index (χ2v) is 30.0. The summed E-state index contributed by atoms with van der Waals surface area (Å²) < 4.78 is 4.89. The van der Waals surface area contributed by atoms with Gasteiger partial charge in [-0.1, -0.05) is 308 Å². The molecule has 103 heavy (non-hydrogen) atoms. The van der Waals surface area contributed by atoms with Crippen molar-refractivity contribution in [3.05, 3.63) is 357 Å². The van der Waals surface area contributed by atoms with E-state index in [9.17, 15) is 0 Å². The molecule has 0 radical (unpaired) electrons. The Hall–Kier alpha value is -12.4. The molecule has 0 aliphatic carbocycles. The average Bonchev–Trinajstić information content (AvgIpc) is 1.28. The lowest BCUT2D eigenvalue weighted by Gasteiger charge is -2.45. The third-order valence-corrected chi connectivity index (χ3v) is 21.8. The Balaban J connectivity index is 0.978. The van der Waals surface area contributed by atoms with Crippen LogP contribution in [0.25, 0.3) is 122 Å². The van der Waals surface area contributed by atoms with E-state index in [4.69, 9.17) is 0 Å². The molecule has 0 spiro atoms. The number of hydrogen-bond acceptors (Lipinski definition) is 2. The van der Waals surface area contributed by atoms with Gasteiger partial charge in [-0.3, -0.25) is 0 Å². The summed E-state index contributed by atoms with van der Waals surface area (Å²) in [5, 5.41) is 4.89. The van der Waals surface area contributed by atoms with Gasteiger partial charge in [-0.05, 0) is 167 Å². The fourth-order valence-electron chi connectivity index (χ4n) is 16.9. The highest BCUT2D eigenvalue weighted by Gasteiger charge is 2.46. The van der Waals surface area contributed by atoms with Gasteiger partial charge in [-0.15, -0.1) is 0 Å². The van der Waals surface area contributed by atoms with Gasteiger partial charge in [-0.2, -0.15) is 0 Å². The number of hydrogen-bond donors (Lipinski definition) is 0. The van der Waals surface area contributed by atoms with E-state index in [-0.39, 0.29) is 17.5 Å². The number of aromatic nitrogens is 2. The standard InChI is InChI=1S/C98H75BN4/c1-97(2,3)71-57-69(58-72(63-71)98(4,5)6)70-61-91-95-92(62-70)103(96-78(65-33-14-8-15-34-65)46-28-47-79(96)66-35-16-9-17-36-66)88-56-54-68(77-45-30-52-90-94(77)81-43-24-27-50-86(81)101(90)74-39-20-11-21-40-74)60-83(88)99(95)82-59-67(53-55-87(82)102(91)84-48-25-22-41-75(84)64-31-12-7-13-32-64)76-44-29-51-89-93(76)80-42-23-26-49-85(80)100(89)73-37-18-10-19-38-73/h7-63H,1-6H3. The van der Waals surface area contributed by atoms with Crippen molar-refractivity contribution < 1.29 is 0 Å². The zero-order valence-electron chi connectivity index (χ0n) is 58.8. The minimum Gasteiger partial charge on any atom is -0.311 e. The van der Waals surface area contributed by atoms with E-state index in [0.29, 0.717) is 0 Å². The molecular formula is C98H75BN4. The lowest BCUT2D eigenvalue weighted by molar-refractivity contribution is 0.569. The highest BCUT2D eigenvalue weighted by molar-refractivity contribution is 7.00. The van der Waals surface area contributed by atoms with Crippen molar-refractivity contribution in [3.63, 3.8) is 0 Å². The van der Waals surface area contributed by atoms with E-state index < -0.39 is 0 Å². The predicted octanol–water partition coefficient (Wildman–Crippen LogP) is 24.6. The Labute approximate surface area is 603 Å². The molecule has 2 aliphatic heterocycles. The Kier molecular flexibility index (Phi) is 14.5. The summed E-state index contributed by atoms with van der Waals surface area (Å²) in [4.78, 5) is 5.34. The molecule has 0 atom stereocenters. The van der Waals surface area contributed by atoms with E-state index in [0.717, 1.165) is 95.6 Å². The molecule has 0 saturated carbocycles. The van der Waals surface area contributed by atoms with Gasteiger partial charge in [-0.25, -0.2) is 0 Å². The lowest BCUT2D eigenvalue weighted by atomic mass is 9.33. The first-order chi connectivity index (χ1) is 50.4. The number of nitrogens with zero attached hydrogens (tertiary/aromatic N) is 4. The highest BCUT2D eigenvalue weighted by atomic mass is 15.2. The topological polar surface area (TPSA) is 16.3 Å². The van der Waals surface area contributed by atoms with Crippen LogP contribution >= 0.6 is 0 Å². The van der Waals surface area contributed by atoms with Crippen LogP contribution < -0.4 is 26.2 Å². The summed E-state index contributed by atoms with van der Waals surface area (Å²) in [6.45, 7) is 13.9. The maximum atomic E-state index is 2.69. The largest absolute Gasteiger partial charge is 0.311 e. The van der Waals surface area contributed by atoms with E-state index in [1.54, 1.807) is 0 Å². The van der Waals surface area contributed by atoms with Gasteiger partial charge in [0.1, 0.15) is 0 Å². The summed E-state index contributed by atoms with van der Waals surface area (Å²) in [6.07, 6.45) is 0. The second kappa shape index (κ2) is 24.1. The molecule has 0 N–H and O–H groups in total. The SMILES string of the molecule is CC(C)(C)c1cc(-c2cc3c4c(c2)N(c2c(-c5ccccc5)cccc2-c2ccccc2)c2ccc(-c5cccc6c5c5ccccc5n6-c5ccccc5)cc2B4c2cc(-c4cccc5c4c4ccccc4n5-c4ccccc4)ccc2N3c2ccccc2-c2ccccc2)cc(C(C)(C)C)c1. The fourth-order valence-corrected chi connectivity index (χ4v) is 16.9. The van der Waals surface area contributed by atoms with E-state index >= 15 is 0 Å². The maximum Gasteiger partial charge on any atom is 0.252 e. The minimum absolute atomic E-state index is 0.135. The molecule has 4 nitrogen and oxygen atoms in total. The van der Waals surface area contributed by atoms with Gasteiger partial charge in [0.2, 0.25) is 0 Å². The van der Waals surface area contributed by atoms with Crippen LogP contribution in [-0.2, 0) is 10.8 Å². The molecule has 490 valence electrons. The van der Waals surface area contributed by atoms with Crippen molar-refractivity contribution in [1.82, 2.24) is 9.13 Å². The number of benzene rings is 15. The zero-order chi connectivity index (χ0) is 69.2. The monoisotopic (exact) mass is 1320 g/mol. The Morgan fingerprint density at radius 3 is 1.10 bits per heavy atom. The van der Waals surface area contributed by atoms with Crippen molar-refractivity contribution in [3.8, 4) is 78.1 Å². The van der Waals surface area contributed by atoms with Crippen LogP contribution in [0.15, 0.2) is 346 Å². The molecule has 0 amide bonds. The third kappa shape index (κ3) is 10.1. The summed E-state index contributed by atoms with van der Waals surface area (Å²) in [7, 11) is 0. The normalized spacial score (nSPS) is 12.7. The molecule has 19 rings (SSSR count). The van der Waals surface area contributed by atoms with Crippen LogP contribution in [0.1, 0.15) is 52.7 Å². The molecular weight excluding hydrogens is 1240 g/mol. The predicted molar refractivity (Wildman–Crippen MR) is 439 cm³/mol. The molecule has 5 heteroatoms. The van der Waals surface area contributed by atoms with E-state index in [2.05, 4.69) is 406 Å². The van der Waals surface area contributed by atoms with Crippen molar-refractivity contribution >= 4 is 101 Å². The van der Waals surface area contributed by atoms with Gasteiger partial charge < -0.3 is 18.9 Å². The molecule has 0 unspecified atom stereocenters. The maximum absolute atomic E-state index is 2.69. The van der Waals surface area contributed by atoms with Gasteiger partial charge in [0, 0.05) is 72.4 Å². The minimum atomic E-state index is -0.287. The fraction of sp³-hybridized carbons (Fsp3) is 0.0816. The molecule has 15 aromatic carbocycles. The van der Waals surface area contributed by atoms with Crippen LogP contribution in [0.5, 0.6) is 0 Å². The zero-order valence-corrected chi connectivity index (χ0v) is 58.8. The quantitative estimate of drug-likeness (QED) is 0.127. The van der Waals surface area contributed by atoms with Gasteiger partial charge in [0.05, 0.1) is 33.4 Å². The molecule has 0 saturated heterocycles. The molecule has 0 fully saturated rings. The Morgan fingerprint density at radius 2 is 0.612 bits per heavy atom. The summed E-state index contributed by atoms with van der Waals surface area (Å²) in [5.41, 5.74) is 33.7. The van der Waals surface area contributed by atoms with Gasteiger partial charge in [0.25, 0.3) is 6.71 Å². The Bertz CT molecular complexity index is 6100. The van der Waals surface area contributed by atoms with Crippen molar-refractivity contribution in [2.75, 3.05) is 9.80 Å². The molecule has 4 heterocycles. The smallest absolute Gasteiger partial charge is 0.252 e. The van der Waals surface area contributed by atoms with E-state index in [1.165, 1.54) is 87.8 Å². The third-order valence-electron chi connectivity index (χ3n) is 21.8. The average molecular weight is 1320 g/mol. The number of fused-ring (bicyclic) bond motifs is 10. The van der Waals surface area contributed by atoms with Crippen LogP contribution in [0, 0.1) is 0 Å². The number of rotatable bonds is 10. The molecule has 17 aromatic rings. The first-order valence-electron chi connectivity index (χ1n) is 36.2. The molecule has 0 bridgehead atoms. The van der Waals surface area contributed by atoms with Crippen LogP contribution in [-0.4, -0.2) is 15.8 Å². The summed E-state index contributed by atoms with van der Waals surface area (Å²) in [5.74, 6) is 0. The van der Waals surface area contributed by atoms with Gasteiger partial charge in [0.15, 0.2) is 0 Å². The second-order valence-electron chi connectivity index (χ2n) is 30.0. The van der Waals surface area contributed by atoms with Crippen LogP contribution in [0.3, 0.4) is 0 Å². The van der Waals surface area contributed by atoms with Crippen LogP contribution in [0.4, 0.5) is 34.1 Å². The number of anilines is 6. The van der Waals surface area contributed by atoms with Crippen molar-refractivity contribution in [1.29, 1.82) is 0 Å². The van der Waals surface area contributed by atoms with Gasteiger partial charge >= 0.3 is 0 Å². The summed E-state index contributed by atoms with van der Waals surface area (Å²) in [6, 6.07) is 130. The van der Waals surface area contributed by atoms with Crippen molar-refractivity contribution in [2.45, 2.75) is 52.4 Å². The first kappa shape index (κ1) is 61.6. The highest BCUT2D eigenvalue weighted by Crippen LogP contribution is 2.54. The molecule has 2 aliphatic rings. The Morgan fingerprint density at radius 1 is 0.243 bits per heavy atom.